The smallest absolute Gasteiger partial charge is 0.0843 e. The van der Waals surface area contributed by atoms with Gasteiger partial charge in [0.15, 0.2) is 0 Å². The molecule has 0 spiro atoms. The maximum atomic E-state index is 3.74. The summed E-state index contributed by atoms with van der Waals surface area (Å²) in [7, 11) is 0. The lowest BCUT2D eigenvalue weighted by Crippen LogP contribution is -2.30. The van der Waals surface area contributed by atoms with Gasteiger partial charge in [0.2, 0.25) is 0 Å². The molecule has 0 amide bonds. The zero-order valence-corrected chi connectivity index (χ0v) is 17.1. The molecule has 1 aromatic heterocycles. The summed E-state index contributed by atoms with van der Waals surface area (Å²) in [5.41, 5.74) is 0. The number of nitrogens with one attached hydrogen (secondary N) is 1. The van der Waals surface area contributed by atoms with Crippen LogP contribution in [0.25, 0.3) is 0 Å². The number of unbranched alkanes of at least 4 members (excludes halogenated alkanes) is 1. The van der Waals surface area contributed by atoms with Gasteiger partial charge in [-0.05, 0) is 69.1 Å². The molecule has 1 atom stereocenters. The zero-order valence-electron chi connectivity index (χ0n) is 13.1. The first-order valence-corrected chi connectivity index (χ1v) is 10.7. The zero-order chi connectivity index (χ0) is 15.2. The molecular weight excluding hydrogens is 410 g/mol. The van der Waals surface area contributed by atoms with E-state index in [1.54, 1.807) is 0 Å². The normalized spacial score (nSPS) is 24.2. The molecule has 1 saturated carbocycles. The van der Waals surface area contributed by atoms with E-state index < -0.39 is 0 Å². The first-order chi connectivity index (χ1) is 10.2. The summed E-state index contributed by atoms with van der Waals surface area (Å²) in [5, 5.41) is 3.74. The predicted octanol–water partition coefficient (Wildman–Crippen LogP) is 6.92. The minimum atomic E-state index is 0.537. The van der Waals surface area contributed by atoms with Gasteiger partial charge < -0.3 is 5.32 Å². The minimum Gasteiger partial charge on any atom is -0.309 e. The van der Waals surface area contributed by atoms with Crippen molar-refractivity contribution in [2.75, 3.05) is 6.54 Å². The Kier molecular flexibility index (Phi) is 7.74. The lowest BCUT2D eigenvalue weighted by atomic mass is 9.76. The van der Waals surface area contributed by atoms with E-state index in [-0.39, 0.29) is 0 Å². The first-order valence-electron chi connectivity index (χ1n) is 8.33. The Morgan fingerprint density at radius 1 is 1.24 bits per heavy atom. The molecule has 1 nitrogen and oxygen atoms in total. The SMILES string of the molecule is CCCCC1CCC(C(NCC)c2cc(Br)c(Br)s2)CC1. The molecule has 2 rings (SSSR count). The third-order valence-corrected chi connectivity index (χ3v) is 8.06. The number of halogens is 2. The van der Waals surface area contributed by atoms with Crippen LogP contribution in [-0.4, -0.2) is 6.54 Å². The average Bonchev–Trinajstić information content (AvgIpc) is 2.82. The summed E-state index contributed by atoms with van der Waals surface area (Å²) in [6.45, 7) is 5.57. The Balaban J connectivity index is 1.97. The third kappa shape index (κ3) is 5.05. The molecule has 0 radical (unpaired) electrons. The van der Waals surface area contributed by atoms with Crippen LogP contribution in [0, 0.1) is 11.8 Å². The fourth-order valence-electron chi connectivity index (χ4n) is 3.54. The summed E-state index contributed by atoms with van der Waals surface area (Å²) < 4.78 is 2.42. The van der Waals surface area contributed by atoms with Crippen molar-refractivity contribution in [2.45, 2.75) is 64.8 Å². The summed E-state index contributed by atoms with van der Waals surface area (Å²) in [6, 6.07) is 2.83. The van der Waals surface area contributed by atoms with Crippen molar-refractivity contribution >= 4 is 43.2 Å². The lowest BCUT2D eigenvalue weighted by molar-refractivity contribution is 0.216. The molecule has 1 aliphatic rings. The maximum absolute atomic E-state index is 3.74. The number of rotatable bonds is 7. The maximum Gasteiger partial charge on any atom is 0.0843 e. The minimum absolute atomic E-state index is 0.537. The number of hydrogen-bond acceptors (Lipinski definition) is 2. The van der Waals surface area contributed by atoms with Crippen molar-refractivity contribution in [1.82, 2.24) is 5.32 Å². The van der Waals surface area contributed by atoms with Crippen LogP contribution in [0.4, 0.5) is 0 Å². The second kappa shape index (κ2) is 9.05. The molecule has 0 aliphatic heterocycles. The highest BCUT2D eigenvalue weighted by Gasteiger charge is 2.29. The van der Waals surface area contributed by atoms with Crippen molar-refractivity contribution in [1.29, 1.82) is 0 Å². The van der Waals surface area contributed by atoms with E-state index in [9.17, 15) is 0 Å². The van der Waals surface area contributed by atoms with Gasteiger partial charge in [0, 0.05) is 15.4 Å². The van der Waals surface area contributed by atoms with Crippen LogP contribution in [-0.2, 0) is 0 Å². The highest BCUT2D eigenvalue weighted by molar-refractivity contribution is 9.13. The van der Waals surface area contributed by atoms with Gasteiger partial charge in [-0.2, -0.15) is 0 Å². The molecule has 4 heteroatoms. The van der Waals surface area contributed by atoms with Gasteiger partial charge in [-0.1, -0.05) is 46.0 Å². The molecule has 1 aromatic rings. The van der Waals surface area contributed by atoms with Gasteiger partial charge in [-0.25, -0.2) is 0 Å². The van der Waals surface area contributed by atoms with Gasteiger partial charge in [0.25, 0.3) is 0 Å². The van der Waals surface area contributed by atoms with E-state index in [1.807, 2.05) is 11.3 Å². The van der Waals surface area contributed by atoms with E-state index in [1.165, 1.54) is 58.1 Å². The Morgan fingerprint density at radius 2 is 1.95 bits per heavy atom. The van der Waals surface area contributed by atoms with Crippen LogP contribution >= 0.6 is 43.2 Å². The Hall–Kier alpha value is 0.620. The summed E-state index contributed by atoms with van der Waals surface area (Å²) in [4.78, 5) is 1.48. The summed E-state index contributed by atoms with van der Waals surface area (Å²) >= 11 is 9.15. The lowest BCUT2D eigenvalue weighted by Gasteiger charge is -2.34. The second-order valence-corrected chi connectivity index (χ2v) is 9.48. The average molecular weight is 437 g/mol. The van der Waals surface area contributed by atoms with E-state index in [0.29, 0.717) is 6.04 Å². The van der Waals surface area contributed by atoms with Gasteiger partial charge >= 0.3 is 0 Å². The molecule has 1 aliphatic carbocycles. The molecule has 0 bridgehead atoms. The fourth-order valence-corrected chi connectivity index (χ4v) is 5.80. The Labute approximate surface area is 150 Å². The van der Waals surface area contributed by atoms with Crippen LogP contribution in [0.1, 0.15) is 69.7 Å². The monoisotopic (exact) mass is 435 g/mol. The predicted molar refractivity (Wildman–Crippen MR) is 101 cm³/mol. The van der Waals surface area contributed by atoms with Crippen LogP contribution in [0.2, 0.25) is 0 Å². The molecule has 120 valence electrons. The topological polar surface area (TPSA) is 12.0 Å². The third-order valence-electron chi connectivity index (χ3n) is 4.72. The molecule has 1 unspecified atom stereocenters. The molecular formula is C17H27Br2NS. The molecule has 1 heterocycles. The van der Waals surface area contributed by atoms with Gasteiger partial charge in [-0.3, -0.25) is 0 Å². The van der Waals surface area contributed by atoms with E-state index in [0.717, 1.165) is 18.4 Å². The molecule has 1 N–H and O–H groups in total. The standard InChI is InChI=1S/C17H27Br2NS/c1-3-5-6-12-7-9-13(10-8-12)16(20-4-2)15-11-14(18)17(19)21-15/h11-13,16,20H,3-10H2,1-2H3. The molecule has 0 saturated heterocycles. The Morgan fingerprint density at radius 3 is 2.48 bits per heavy atom. The summed E-state index contributed by atoms with van der Waals surface area (Å²) in [6.07, 6.45) is 9.85. The summed E-state index contributed by atoms with van der Waals surface area (Å²) in [5.74, 6) is 1.80. The Bertz CT molecular complexity index is 405. The van der Waals surface area contributed by atoms with Crippen molar-refractivity contribution in [3.8, 4) is 0 Å². The molecule has 0 aromatic carbocycles. The highest BCUT2D eigenvalue weighted by atomic mass is 79.9. The largest absolute Gasteiger partial charge is 0.309 e. The van der Waals surface area contributed by atoms with Crippen molar-refractivity contribution < 1.29 is 0 Å². The van der Waals surface area contributed by atoms with Gasteiger partial charge in [0.1, 0.15) is 0 Å². The van der Waals surface area contributed by atoms with Crippen molar-refractivity contribution in [3.63, 3.8) is 0 Å². The second-order valence-electron chi connectivity index (χ2n) is 6.23. The van der Waals surface area contributed by atoms with Crippen molar-refractivity contribution in [3.05, 3.63) is 19.2 Å². The highest BCUT2D eigenvalue weighted by Crippen LogP contribution is 2.43. The number of hydrogen-bond donors (Lipinski definition) is 1. The first kappa shape index (κ1) is 18.0. The number of thiophene rings is 1. The van der Waals surface area contributed by atoms with Crippen LogP contribution < -0.4 is 5.32 Å². The fraction of sp³-hybridized carbons (Fsp3) is 0.765. The van der Waals surface area contributed by atoms with Crippen molar-refractivity contribution in [2.24, 2.45) is 11.8 Å². The van der Waals surface area contributed by atoms with E-state index >= 15 is 0 Å². The molecule has 1 fully saturated rings. The van der Waals surface area contributed by atoms with Crippen LogP contribution in [0.5, 0.6) is 0 Å². The molecule has 21 heavy (non-hydrogen) atoms. The van der Waals surface area contributed by atoms with Gasteiger partial charge in [-0.15, -0.1) is 11.3 Å². The quantitative estimate of drug-likeness (QED) is 0.488. The van der Waals surface area contributed by atoms with Crippen LogP contribution in [0.3, 0.4) is 0 Å². The van der Waals surface area contributed by atoms with Crippen LogP contribution in [0.15, 0.2) is 14.3 Å². The van der Waals surface area contributed by atoms with Gasteiger partial charge in [0.05, 0.1) is 3.79 Å². The van der Waals surface area contributed by atoms with E-state index in [4.69, 9.17) is 0 Å². The van der Waals surface area contributed by atoms with E-state index in [2.05, 4.69) is 57.1 Å².